The lowest BCUT2D eigenvalue weighted by molar-refractivity contribution is 0.535. The normalized spacial score (nSPS) is 12.1. The number of hydrogen-bond acceptors (Lipinski definition) is 3. The minimum absolute atomic E-state index is 0.279. The van der Waals surface area contributed by atoms with Gasteiger partial charge in [0.2, 0.25) is 10.0 Å². The van der Waals surface area contributed by atoms with E-state index in [2.05, 4.69) is 4.72 Å². The zero-order valence-corrected chi connectivity index (χ0v) is 10.4. The molecule has 0 heterocycles. The number of halogens is 1. The maximum absolute atomic E-state index is 12.6. The molecule has 0 aliphatic heterocycles. The summed E-state index contributed by atoms with van der Waals surface area (Å²) in [5, 5.41) is 8.73. The van der Waals surface area contributed by atoms with Crippen LogP contribution in [-0.2, 0) is 15.8 Å². The second kappa shape index (κ2) is 4.82. The highest BCUT2D eigenvalue weighted by Crippen LogP contribution is 2.09. The molecular weight excluding hydrogens is 243 g/mol. The van der Waals surface area contributed by atoms with Gasteiger partial charge in [0.1, 0.15) is 11.4 Å². The Kier molecular flexibility index (Phi) is 3.86. The predicted octanol–water partition coefficient (Wildman–Crippen LogP) is 1.55. The zero-order valence-electron chi connectivity index (χ0n) is 9.57. The summed E-state index contributed by atoms with van der Waals surface area (Å²) in [4.78, 5) is 0. The van der Waals surface area contributed by atoms with Crippen molar-refractivity contribution in [3.8, 4) is 6.07 Å². The SMILES string of the molecule is CC(C)(C#N)NS(=O)(=O)Cc1ccc(F)cc1. The maximum Gasteiger partial charge on any atom is 0.217 e. The largest absolute Gasteiger partial charge is 0.217 e. The molecule has 1 N–H and O–H groups in total. The highest BCUT2D eigenvalue weighted by molar-refractivity contribution is 7.88. The summed E-state index contributed by atoms with van der Waals surface area (Å²) in [6, 6.07) is 7.03. The second-order valence-corrected chi connectivity index (χ2v) is 5.95. The third-order valence-corrected chi connectivity index (χ3v) is 3.49. The number of nitrogens with one attached hydrogen (secondary N) is 1. The molecule has 0 saturated heterocycles. The molecule has 0 aromatic heterocycles. The first-order chi connectivity index (χ1) is 7.74. The Morgan fingerprint density at radius 3 is 2.35 bits per heavy atom. The van der Waals surface area contributed by atoms with Crippen LogP contribution in [0.2, 0.25) is 0 Å². The van der Waals surface area contributed by atoms with E-state index >= 15 is 0 Å². The lowest BCUT2D eigenvalue weighted by Crippen LogP contribution is -2.42. The lowest BCUT2D eigenvalue weighted by atomic mass is 10.1. The fourth-order valence-corrected chi connectivity index (χ4v) is 2.77. The maximum atomic E-state index is 12.6. The number of nitrogens with zero attached hydrogens (tertiary/aromatic N) is 1. The molecule has 92 valence electrons. The quantitative estimate of drug-likeness (QED) is 0.888. The molecule has 1 aromatic carbocycles. The van der Waals surface area contributed by atoms with Crippen molar-refractivity contribution in [3.05, 3.63) is 35.6 Å². The number of benzene rings is 1. The lowest BCUT2D eigenvalue weighted by Gasteiger charge is -2.17. The van der Waals surface area contributed by atoms with Crippen molar-refractivity contribution in [1.82, 2.24) is 4.72 Å². The molecule has 4 nitrogen and oxygen atoms in total. The topological polar surface area (TPSA) is 70.0 Å². The monoisotopic (exact) mass is 256 g/mol. The summed E-state index contributed by atoms with van der Waals surface area (Å²) in [5.74, 6) is -0.699. The van der Waals surface area contributed by atoms with Gasteiger partial charge in [0.05, 0.1) is 11.8 Å². The molecule has 0 bridgehead atoms. The Labute approximate surface area is 100 Å². The summed E-state index contributed by atoms with van der Waals surface area (Å²) in [6.07, 6.45) is 0. The van der Waals surface area contributed by atoms with Gasteiger partial charge in [-0.1, -0.05) is 12.1 Å². The van der Waals surface area contributed by atoms with E-state index in [-0.39, 0.29) is 5.75 Å². The van der Waals surface area contributed by atoms with Crippen LogP contribution in [0.15, 0.2) is 24.3 Å². The first kappa shape index (κ1) is 13.6. The average molecular weight is 256 g/mol. The zero-order chi connectivity index (χ0) is 13.1. The van der Waals surface area contributed by atoms with Crippen molar-refractivity contribution in [1.29, 1.82) is 5.26 Å². The van der Waals surface area contributed by atoms with Crippen molar-refractivity contribution >= 4 is 10.0 Å². The standard InChI is InChI=1S/C11H13FN2O2S/c1-11(2,8-13)14-17(15,16)7-9-3-5-10(12)6-4-9/h3-6,14H,7H2,1-2H3. The number of nitriles is 1. The van der Waals surface area contributed by atoms with Crippen molar-refractivity contribution in [3.63, 3.8) is 0 Å². The Morgan fingerprint density at radius 1 is 1.35 bits per heavy atom. The Hall–Kier alpha value is -1.45. The molecule has 17 heavy (non-hydrogen) atoms. The minimum Gasteiger partial charge on any atom is -0.212 e. The van der Waals surface area contributed by atoms with Crippen LogP contribution in [0, 0.1) is 17.1 Å². The first-order valence-corrected chi connectivity index (χ1v) is 6.57. The van der Waals surface area contributed by atoms with E-state index in [1.54, 1.807) is 0 Å². The Bertz CT molecular complexity index is 530. The molecule has 0 atom stereocenters. The third kappa shape index (κ3) is 4.51. The molecule has 0 saturated carbocycles. The van der Waals surface area contributed by atoms with Gasteiger partial charge in [-0.2, -0.15) is 9.98 Å². The summed E-state index contributed by atoms with van der Waals surface area (Å²) in [5.41, 5.74) is -0.688. The van der Waals surface area contributed by atoms with E-state index in [0.717, 1.165) is 0 Å². The van der Waals surface area contributed by atoms with E-state index < -0.39 is 21.4 Å². The van der Waals surface area contributed by atoms with Gasteiger partial charge in [-0.15, -0.1) is 0 Å². The highest BCUT2D eigenvalue weighted by Gasteiger charge is 2.24. The van der Waals surface area contributed by atoms with Gasteiger partial charge >= 0.3 is 0 Å². The van der Waals surface area contributed by atoms with Crippen LogP contribution >= 0.6 is 0 Å². The fraction of sp³-hybridized carbons (Fsp3) is 0.364. The van der Waals surface area contributed by atoms with Gasteiger partial charge in [0.15, 0.2) is 0 Å². The van der Waals surface area contributed by atoms with Gasteiger partial charge in [-0.3, -0.25) is 0 Å². The van der Waals surface area contributed by atoms with Crippen LogP contribution in [-0.4, -0.2) is 14.0 Å². The van der Waals surface area contributed by atoms with Crippen LogP contribution in [0.1, 0.15) is 19.4 Å². The molecular formula is C11H13FN2O2S. The number of rotatable bonds is 4. The van der Waals surface area contributed by atoms with Crippen LogP contribution in [0.5, 0.6) is 0 Å². The molecule has 0 fully saturated rings. The molecule has 0 amide bonds. The molecule has 0 unspecified atom stereocenters. The van der Waals surface area contributed by atoms with Gasteiger partial charge in [-0.05, 0) is 31.5 Å². The van der Waals surface area contributed by atoms with E-state index in [0.29, 0.717) is 5.56 Å². The van der Waals surface area contributed by atoms with Gasteiger partial charge < -0.3 is 0 Å². The minimum atomic E-state index is -3.61. The number of hydrogen-bond donors (Lipinski definition) is 1. The molecule has 0 aliphatic carbocycles. The average Bonchev–Trinajstić information content (AvgIpc) is 2.20. The smallest absolute Gasteiger partial charge is 0.212 e. The molecule has 0 radical (unpaired) electrons. The van der Waals surface area contributed by atoms with Crippen LogP contribution in [0.25, 0.3) is 0 Å². The Balaban J connectivity index is 2.81. The Morgan fingerprint density at radius 2 is 1.88 bits per heavy atom. The number of sulfonamides is 1. The fourth-order valence-electron chi connectivity index (χ4n) is 1.25. The van der Waals surface area contributed by atoms with Crippen LogP contribution in [0.4, 0.5) is 4.39 Å². The van der Waals surface area contributed by atoms with Crippen LogP contribution < -0.4 is 4.72 Å². The summed E-state index contributed by atoms with van der Waals surface area (Å²) >= 11 is 0. The molecule has 0 aliphatic rings. The van der Waals surface area contributed by atoms with Crippen molar-refractivity contribution in [2.24, 2.45) is 0 Å². The first-order valence-electron chi connectivity index (χ1n) is 4.91. The van der Waals surface area contributed by atoms with E-state index in [9.17, 15) is 12.8 Å². The van der Waals surface area contributed by atoms with E-state index in [1.165, 1.54) is 38.1 Å². The second-order valence-electron chi connectivity index (χ2n) is 4.22. The molecule has 1 rings (SSSR count). The van der Waals surface area contributed by atoms with Gasteiger partial charge in [-0.25, -0.2) is 12.8 Å². The molecule has 6 heteroatoms. The van der Waals surface area contributed by atoms with Gasteiger partial charge in [0, 0.05) is 0 Å². The third-order valence-electron chi connectivity index (χ3n) is 1.96. The van der Waals surface area contributed by atoms with Crippen LogP contribution in [0.3, 0.4) is 0 Å². The summed E-state index contributed by atoms with van der Waals surface area (Å²) < 4.78 is 38.3. The van der Waals surface area contributed by atoms with E-state index in [1.807, 2.05) is 6.07 Å². The molecule has 1 aromatic rings. The predicted molar refractivity (Wildman–Crippen MR) is 61.9 cm³/mol. The van der Waals surface area contributed by atoms with E-state index in [4.69, 9.17) is 5.26 Å². The summed E-state index contributed by atoms with van der Waals surface area (Å²) in [6.45, 7) is 2.93. The highest BCUT2D eigenvalue weighted by atomic mass is 32.2. The van der Waals surface area contributed by atoms with Crippen molar-refractivity contribution in [2.75, 3.05) is 0 Å². The summed E-state index contributed by atoms with van der Waals surface area (Å²) in [7, 11) is -3.61. The molecule has 0 spiro atoms. The van der Waals surface area contributed by atoms with Crippen molar-refractivity contribution < 1.29 is 12.8 Å². The van der Waals surface area contributed by atoms with Crippen molar-refractivity contribution in [2.45, 2.75) is 25.1 Å². The van der Waals surface area contributed by atoms with Gasteiger partial charge in [0.25, 0.3) is 0 Å².